The van der Waals surface area contributed by atoms with Crippen LogP contribution in [0.15, 0.2) is 30.3 Å². The largest absolute Gasteiger partial charge is 0.468 e. The Balaban J connectivity index is 1.80. The van der Waals surface area contributed by atoms with Crippen LogP contribution < -0.4 is 0 Å². The van der Waals surface area contributed by atoms with Crippen molar-refractivity contribution in [1.82, 2.24) is 0 Å². The van der Waals surface area contributed by atoms with Gasteiger partial charge in [-0.1, -0.05) is 36.8 Å². The van der Waals surface area contributed by atoms with Crippen LogP contribution in [0.25, 0.3) is 0 Å². The maximum absolute atomic E-state index is 9.90. The molecule has 0 atom stereocenters. The van der Waals surface area contributed by atoms with Crippen LogP contribution in [0.2, 0.25) is 0 Å². The number of carbonyl (C=O) groups is 1. The van der Waals surface area contributed by atoms with Gasteiger partial charge in [0.25, 0.3) is 6.47 Å². The molecule has 106 valence electrons. The van der Waals surface area contributed by atoms with Crippen LogP contribution in [0.3, 0.4) is 0 Å². The van der Waals surface area contributed by atoms with Crippen LogP contribution in [0.5, 0.6) is 0 Å². The molecule has 0 aromatic heterocycles. The zero-order valence-electron chi connectivity index (χ0n) is 11.6. The Morgan fingerprint density at radius 3 is 2.26 bits per heavy atom. The van der Waals surface area contributed by atoms with Crippen molar-refractivity contribution in [3.05, 3.63) is 35.9 Å². The molecule has 0 radical (unpaired) electrons. The predicted molar refractivity (Wildman–Crippen MR) is 76.1 cm³/mol. The average molecular weight is 264 g/mol. The minimum atomic E-state index is 0.510. The average Bonchev–Trinajstić information content (AvgIpc) is 2.46. The Hall–Kier alpha value is -1.35. The van der Waals surface area contributed by atoms with Gasteiger partial charge in [0.05, 0.1) is 6.61 Å². The second-order valence-electron chi connectivity index (χ2n) is 4.58. The second kappa shape index (κ2) is 11.7. The lowest BCUT2D eigenvalue weighted by Crippen LogP contribution is -1.99. The SMILES string of the molecule is O=COCCCCCCOCCCc1ccccc1. The first kappa shape index (κ1) is 15.7. The number of benzene rings is 1. The number of carbonyl (C=O) groups excluding carboxylic acids is 1. The van der Waals surface area contributed by atoms with E-state index in [1.54, 1.807) is 0 Å². The van der Waals surface area contributed by atoms with Crippen molar-refractivity contribution in [3.63, 3.8) is 0 Å². The highest BCUT2D eigenvalue weighted by molar-refractivity contribution is 5.36. The van der Waals surface area contributed by atoms with Gasteiger partial charge in [-0.15, -0.1) is 0 Å². The van der Waals surface area contributed by atoms with E-state index in [1.165, 1.54) is 5.56 Å². The smallest absolute Gasteiger partial charge is 0.293 e. The molecule has 0 fully saturated rings. The van der Waals surface area contributed by atoms with Gasteiger partial charge in [-0.25, -0.2) is 0 Å². The third-order valence-corrected chi connectivity index (χ3v) is 2.97. The summed E-state index contributed by atoms with van der Waals surface area (Å²) in [6.07, 6.45) is 6.45. The number of ether oxygens (including phenoxy) is 2. The van der Waals surface area contributed by atoms with Crippen LogP contribution in [0.1, 0.15) is 37.7 Å². The molecule has 0 amide bonds. The highest BCUT2D eigenvalue weighted by Gasteiger charge is 1.94. The van der Waals surface area contributed by atoms with Crippen molar-refractivity contribution < 1.29 is 14.3 Å². The summed E-state index contributed by atoms with van der Waals surface area (Å²) < 4.78 is 10.2. The maximum Gasteiger partial charge on any atom is 0.293 e. The molecule has 0 aliphatic rings. The molecule has 19 heavy (non-hydrogen) atoms. The maximum atomic E-state index is 9.90. The van der Waals surface area contributed by atoms with Crippen LogP contribution in [0, 0.1) is 0 Å². The summed E-state index contributed by atoms with van der Waals surface area (Å²) in [5.74, 6) is 0. The fraction of sp³-hybridized carbons (Fsp3) is 0.562. The zero-order valence-corrected chi connectivity index (χ0v) is 11.6. The topological polar surface area (TPSA) is 35.5 Å². The van der Waals surface area contributed by atoms with E-state index in [2.05, 4.69) is 29.0 Å². The normalized spacial score (nSPS) is 10.3. The van der Waals surface area contributed by atoms with Gasteiger partial charge in [0.1, 0.15) is 0 Å². The van der Waals surface area contributed by atoms with Crippen LogP contribution >= 0.6 is 0 Å². The molecule has 0 spiro atoms. The van der Waals surface area contributed by atoms with Gasteiger partial charge in [-0.3, -0.25) is 4.79 Å². The molecule has 0 aliphatic carbocycles. The summed E-state index contributed by atoms with van der Waals surface area (Å²) in [5.41, 5.74) is 1.38. The molecule has 1 rings (SSSR count). The lowest BCUT2D eigenvalue weighted by molar-refractivity contribution is -0.128. The number of hydrogen-bond donors (Lipinski definition) is 0. The van der Waals surface area contributed by atoms with Crippen molar-refractivity contribution in [2.24, 2.45) is 0 Å². The van der Waals surface area contributed by atoms with Crippen molar-refractivity contribution in [2.45, 2.75) is 38.5 Å². The van der Waals surface area contributed by atoms with E-state index in [0.717, 1.165) is 51.7 Å². The van der Waals surface area contributed by atoms with E-state index in [0.29, 0.717) is 13.1 Å². The van der Waals surface area contributed by atoms with Crippen LogP contribution in [-0.4, -0.2) is 26.3 Å². The standard InChI is InChI=1S/C16H24O3/c17-15-19-13-7-2-1-6-12-18-14-8-11-16-9-4-3-5-10-16/h3-5,9-10,15H,1-2,6-8,11-14H2. The third-order valence-electron chi connectivity index (χ3n) is 2.97. The summed E-state index contributed by atoms with van der Waals surface area (Å²) in [7, 11) is 0. The van der Waals surface area contributed by atoms with Gasteiger partial charge in [-0.05, 0) is 37.7 Å². The number of aryl methyl sites for hydroxylation is 1. The van der Waals surface area contributed by atoms with Gasteiger partial charge in [-0.2, -0.15) is 0 Å². The van der Waals surface area contributed by atoms with E-state index in [9.17, 15) is 4.79 Å². The predicted octanol–water partition coefficient (Wildman–Crippen LogP) is 3.37. The molecular formula is C16H24O3. The molecule has 3 nitrogen and oxygen atoms in total. The fourth-order valence-electron chi connectivity index (χ4n) is 1.92. The van der Waals surface area contributed by atoms with Gasteiger partial charge >= 0.3 is 0 Å². The summed E-state index contributed by atoms with van der Waals surface area (Å²) in [4.78, 5) is 9.90. The second-order valence-corrected chi connectivity index (χ2v) is 4.58. The first-order valence-electron chi connectivity index (χ1n) is 7.10. The van der Waals surface area contributed by atoms with E-state index in [4.69, 9.17) is 4.74 Å². The first-order valence-corrected chi connectivity index (χ1v) is 7.10. The molecule has 0 N–H and O–H groups in total. The Morgan fingerprint density at radius 1 is 0.842 bits per heavy atom. The first-order chi connectivity index (χ1) is 9.43. The summed E-state index contributed by atoms with van der Waals surface area (Å²) in [6.45, 7) is 2.73. The number of hydrogen-bond acceptors (Lipinski definition) is 3. The lowest BCUT2D eigenvalue weighted by atomic mass is 10.1. The summed E-state index contributed by atoms with van der Waals surface area (Å²) >= 11 is 0. The molecule has 0 aliphatic heterocycles. The number of unbranched alkanes of at least 4 members (excludes halogenated alkanes) is 3. The molecule has 0 bridgehead atoms. The Kier molecular flexibility index (Phi) is 9.69. The molecule has 1 aromatic carbocycles. The molecule has 0 heterocycles. The highest BCUT2D eigenvalue weighted by Crippen LogP contribution is 2.03. The highest BCUT2D eigenvalue weighted by atomic mass is 16.5. The Bertz CT molecular complexity index is 311. The summed E-state index contributed by atoms with van der Waals surface area (Å²) in [5, 5.41) is 0. The zero-order chi connectivity index (χ0) is 13.6. The van der Waals surface area contributed by atoms with E-state index in [1.807, 2.05) is 6.07 Å². The molecular weight excluding hydrogens is 240 g/mol. The van der Waals surface area contributed by atoms with E-state index in [-0.39, 0.29) is 0 Å². The summed E-state index contributed by atoms with van der Waals surface area (Å²) in [6, 6.07) is 10.5. The molecule has 0 saturated heterocycles. The lowest BCUT2D eigenvalue weighted by Gasteiger charge is -2.04. The van der Waals surface area contributed by atoms with Crippen molar-refractivity contribution >= 4 is 6.47 Å². The number of rotatable bonds is 12. The molecule has 3 heteroatoms. The van der Waals surface area contributed by atoms with Crippen LogP contribution in [-0.2, 0) is 20.7 Å². The van der Waals surface area contributed by atoms with Crippen LogP contribution in [0.4, 0.5) is 0 Å². The van der Waals surface area contributed by atoms with E-state index >= 15 is 0 Å². The third kappa shape index (κ3) is 9.25. The van der Waals surface area contributed by atoms with Gasteiger partial charge in [0.2, 0.25) is 0 Å². The molecule has 0 unspecified atom stereocenters. The van der Waals surface area contributed by atoms with Crippen molar-refractivity contribution in [3.8, 4) is 0 Å². The van der Waals surface area contributed by atoms with Gasteiger partial charge in [0, 0.05) is 13.2 Å². The fourth-order valence-corrected chi connectivity index (χ4v) is 1.92. The van der Waals surface area contributed by atoms with Gasteiger partial charge < -0.3 is 9.47 Å². The molecule has 1 aromatic rings. The van der Waals surface area contributed by atoms with Gasteiger partial charge in [0.15, 0.2) is 0 Å². The minimum Gasteiger partial charge on any atom is -0.468 e. The Labute approximate surface area is 115 Å². The Morgan fingerprint density at radius 2 is 1.53 bits per heavy atom. The monoisotopic (exact) mass is 264 g/mol. The van der Waals surface area contributed by atoms with Crippen molar-refractivity contribution in [2.75, 3.05) is 19.8 Å². The van der Waals surface area contributed by atoms with Crippen molar-refractivity contribution in [1.29, 1.82) is 0 Å². The minimum absolute atomic E-state index is 0.510. The molecule has 0 saturated carbocycles. The van der Waals surface area contributed by atoms with E-state index < -0.39 is 0 Å². The quantitative estimate of drug-likeness (QED) is 0.429.